The molecule has 0 aromatic carbocycles. The normalized spacial score (nSPS) is 47.2. The lowest BCUT2D eigenvalue weighted by molar-refractivity contribution is -0.0462. The molecule has 2 saturated carbocycles. The van der Waals surface area contributed by atoms with E-state index in [0.717, 1.165) is 32.1 Å². The van der Waals surface area contributed by atoms with Crippen LogP contribution in [-0.2, 0) is 9.47 Å². The van der Waals surface area contributed by atoms with Crippen LogP contribution in [0.4, 0.5) is 0 Å². The molecule has 0 aromatic rings. The Balaban J connectivity index is 1.91. The molecule has 0 bridgehead atoms. The van der Waals surface area contributed by atoms with Crippen molar-refractivity contribution in [2.45, 2.75) is 74.4 Å². The Hall–Kier alpha value is -0.760. The zero-order chi connectivity index (χ0) is 13.0. The Labute approximate surface area is 108 Å². The molecule has 3 rings (SSSR count). The monoisotopic (exact) mass is 251 g/mol. The van der Waals surface area contributed by atoms with Gasteiger partial charge in [0.15, 0.2) is 6.10 Å². The highest BCUT2D eigenvalue weighted by Gasteiger charge is 2.82. The quantitative estimate of drug-likeness (QED) is 0.729. The summed E-state index contributed by atoms with van der Waals surface area (Å²) in [7, 11) is 0. The second kappa shape index (κ2) is 3.63. The van der Waals surface area contributed by atoms with Gasteiger partial charge < -0.3 is 20.3 Å². The van der Waals surface area contributed by atoms with Crippen molar-refractivity contribution in [3.8, 4) is 12.5 Å². The molecule has 18 heavy (non-hydrogen) atoms. The van der Waals surface area contributed by atoms with E-state index in [-0.39, 0.29) is 11.7 Å². The van der Waals surface area contributed by atoms with Gasteiger partial charge in [0.25, 0.3) is 0 Å². The third-order valence-corrected chi connectivity index (χ3v) is 4.90. The fourth-order valence-electron chi connectivity index (χ4n) is 3.60. The highest BCUT2D eigenvalue weighted by molar-refractivity contribution is 5.33. The minimum atomic E-state index is -0.634. The van der Waals surface area contributed by atoms with Crippen LogP contribution in [0.15, 0.2) is 0 Å². The Morgan fingerprint density at radius 2 is 2.22 bits per heavy atom. The van der Waals surface area contributed by atoms with Gasteiger partial charge in [-0.2, -0.15) is 0 Å². The standard InChI is InChI=1S/C14H21NO3/c1-3-5-6-14(15)11(17-4-2)13(9-10(13)16)18-12(14)7-8-12/h2,10-11,16H,3,5-9,15H2,1H3/t10?,11-,13?,14-/m1/s1. The van der Waals surface area contributed by atoms with Crippen LogP contribution in [0.3, 0.4) is 0 Å². The van der Waals surface area contributed by atoms with E-state index in [9.17, 15) is 5.11 Å². The average molecular weight is 251 g/mol. The first-order chi connectivity index (χ1) is 8.55. The van der Waals surface area contributed by atoms with E-state index in [2.05, 4.69) is 13.0 Å². The summed E-state index contributed by atoms with van der Waals surface area (Å²) in [4.78, 5) is 0. The summed E-state index contributed by atoms with van der Waals surface area (Å²) in [6.07, 6.45) is 12.1. The van der Waals surface area contributed by atoms with Crippen LogP contribution in [0, 0.1) is 12.5 Å². The molecule has 0 aromatic heterocycles. The van der Waals surface area contributed by atoms with Crippen LogP contribution in [0.5, 0.6) is 0 Å². The first-order valence-corrected chi connectivity index (χ1v) is 6.83. The molecular formula is C14H21NO3. The molecule has 100 valence electrons. The van der Waals surface area contributed by atoms with Gasteiger partial charge in [-0.3, -0.25) is 0 Å². The fraction of sp³-hybridized carbons (Fsp3) is 0.857. The minimum absolute atomic E-state index is 0.304. The number of rotatable bonds is 4. The summed E-state index contributed by atoms with van der Waals surface area (Å²) in [6, 6.07) is 0. The smallest absolute Gasteiger partial charge is 0.163 e. The van der Waals surface area contributed by atoms with E-state index in [1.54, 1.807) is 0 Å². The summed E-state index contributed by atoms with van der Waals surface area (Å²) in [5.74, 6) is 0. The molecule has 2 unspecified atom stereocenters. The molecule has 0 amide bonds. The Morgan fingerprint density at radius 1 is 1.56 bits per heavy atom. The van der Waals surface area contributed by atoms with Gasteiger partial charge in [-0.05, 0) is 19.3 Å². The van der Waals surface area contributed by atoms with Crippen molar-refractivity contribution in [2.75, 3.05) is 0 Å². The lowest BCUT2D eigenvalue weighted by Gasteiger charge is -2.34. The number of aliphatic hydroxyl groups excluding tert-OH is 1. The summed E-state index contributed by atoms with van der Waals surface area (Å²) < 4.78 is 11.6. The van der Waals surface area contributed by atoms with E-state index in [4.69, 9.17) is 21.6 Å². The van der Waals surface area contributed by atoms with Crippen LogP contribution < -0.4 is 5.73 Å². The highest BCUT2D eigenvalue weighted by atomic mass is 16.6. The predicted octanol–water partition coefficient (Wildman–Crippen LogP) is 0.916. The van der Waals surface area contributed by atoms with Crippen molar-refractivity contribution in [3.05, 3.63) is 0 Å². The minimum Gasteiger partial charge on any atom is -0.438 e. The van der Waals surface area contributed by atoms with E-state index >= 15 is 0 Å². The molecule has 1 heterocycles. The number of nitrogens with two attached hydrogens (primary N) is 1. The summed E-state index contributed by atoms with van der Waals surface area (Å²) in [5, 5.41) is 9.90. The van der Waals surface area contributed by atoms with Gasteiger partial charge in [-0.15, -0.1) is 0 Å². The predicted molar refractivity (Wildman–Crippen MR) is 66.6 cm³/mol. The number of hydrogen-bond acceptors (Lipinski definition) is 4. The molecule has 4 atom stereocenters. The van der Waals surface area contributed by atoms with Gasteiger partial charge in [-0.25, -0.2) is 0 Å². The highest BCUT2D eigenvalue weighted by Crippen LogP contribution is 2.66. The maximum absolute atomic E-state index is 9.90. The summed E-state index contributed by atoms with van der Waals surface area (Å²) in [5.41, 5.74) is 5.15. The second-order valence-electron chi connectivity index (χ2n) is 6.03. The maximum Gasteiger partial charge on any atom is 0.163 e. The molecule has 2 aliphatic carbocycles. The first-order valence-electron chi connectivity index (χ1n) is 6.83. The lowest BCUT2D eigenvalue weighted by Crippen LogP contribution is -2.58. The SMILES string of the molecule is C#CO[C@@H]1C2(CC2O)OC2(CC2)[C@@]1(N)CCCC. The van der Waals surface area contributed by atoms with Crippen molar-refractivity contribution < 1.29 is 14.6 Å². The molecule has 3 aliphatic rings. The fourth-order valence-corrected chi connectivity index (χ4v) is 3.60. The lowest BCUT2D eigenvalue weighted by atomic mass is 9.80. The zero-order valence-corrected chi connectivity index (χ0v) is 10.8. The second-order valence-corrected chi connectivity index (χ2v) is 6.03. The maximum atomic E-state index is 9.90. The van der Waals surface area contributed by atoms with Crippen molar-refractivity contribution in [1.29, 1.82) is 0 Å². The van der Waals surface area contributed by atoms with E-state index in [1.807, 2.05) is 0 Å². The number of aliphatic hydroxyl groups is 1. The van der Waals surface area contributed by atoms with Gasteiger partial charge >= 0.3 is 0 Å². The molecule has 3 fully saturated rings. The largest absolute Gasteiger partial charge is 0.438 e. The molecule has 4 heteroatoms. The molecular weight excluding hydrogens is 230 g/mol. The van der Waals surface area contributed by atoms with Crippen LogP contribution in [-0.4, -0.2) is 34.1 Å². The molecule has 4 nitrogen and oxygen atoms in total. The van der Waals surface area contributed by atoms with Gasteiger partial charge in [0.05, 0.1) is 17.2 Å². The van der Waals surface area contributed by atoms with Crippen molar-refractivity contribution in [3.63, 3.8) is 0 Å². The average Bonchev–Trinajstić information content (AvgIpc) is 3.22. The number of ether oxygens (including phenoxy) is 2. The summed E-state index contributed by atoms with van der Waals surface area (Å²) in [6.45, 7) is 2.14. The Kier molecular flexibility index (Phi) is 2.48. The number of unbranched alkanes of at least 4 members (excludes halogenated alkanes) is 1. The van der Waals surface area contributed by atoms with E-state index in [1.165, 1.54) is 0 Å². The Morgan fingerprint density at radius 3 is 2.67 bits per heavy atom. The molecule has 3 N–H and O–H groups in total. The van der Waals surface area contributed by atoms with Crippen LogP contribution in [0.2, 0.25) is 0 Å². The molecule has 1 aliphatic heterocycles. The van der Waals surface area contributed by atoms with E-state index < -0.39 is 17.2 Å². The molecule has 1 saturated heterocycles. The zero-order valence-electron chi connectivity index (χ0n) is 10.8. The molecule has 2 spiro atoms. The third-order valence-electron chi connectivity index (χ3n) is 4.90. The van der Waals surface area contributed by atoms with Gasteiger partial charge in [0, 0.05) is 6.42 Å². The van der Waals surface area contributed by atoms with Gasteiger partial charge in [0.2, 0.25) is 0 Å². The topological polar surface area (TPSA) is 64.7 Å². The van der Waals surface area contributed by atoms with Crippen molar-refractivity contribution in [2.24, 2.45) is 5.73 Å². The third kappa shape index (κ3) is 1.33. The van der Waals surface area contributed by atoms with Gasteiger partial charge in [-0.1, -0.05) is 26.2 Å². The van der Waals surface area contributed by atoms with Crippen molar-refractivity contribution in [1.82, 2.24) is 0 Å². The summed E-state index contributed by atoms with van der Waals surface area (Å²) >= 11 is 0. The van der Waals surface area contributed by atoms with Crippen LogP contribution >= 0.6 is 0 Å². The Bertz CT molecular complexity index is 400. The van der Waals surface area contributed by atoms with E-state index in [0.29, 0.717) is 6.42 Å². The molecule has 0 radical (unpaired) electrons. The van der Waals surface area contributed by atoms with Gasteiger partial charge in [0.1, 0.15) is 11.7 Å². The number of terminal acetylenes is 1. The van der Waals surface area contributed by atoms with Crippen LogP contribution in [0.25, 0.3) is 0 Å². The first kappa shape index (κ1) is 12.3. The number of hydrogen-bond donors (Lipinski definition) is 2. The van der Waals surface area contributed by atoms with Crippen molar-refractivity contribution >= 4 is 0 Å². The van der Waals surface area contributed by atoms with Crippen LogP contribution in [0.1, 0.15) is 45.4 Å².